The minimum absolute atomic E-state index is 0.0214. The standard InChI is InChI=1S/C16H16O2/c1-12(17)15-9-14(10-16(18)11-15)8-7-13-5-3-2-4-6-13/h2-6,9-11,18H,7-8H2,1H3. The Bertz CT molecular complexity index is 544. The maximum absolute atomic E-state index is 11.3. The van der Waals surface area contributed by atoms with Gasteiger partial charge in [0.15, 0.2) is 5.78 Å². The largest absolute Gasteiger partial charge is 0.508 e. The number of hydrogen-bond donors (Lipinski definition) is 1. The number of Topliss-reactive ketones (excluding diaryl/α,β-unsaturated/α-hetero) is 1. The van der Waals surface area contributed by atoms with Crippen molar-refractivity contribution in [3.05, 3.63) is 65.2 Å². The van der Waals surface area contributed by atoms with Crippen LogP contribution in [0.25, 0.3) is 0 Å². The molecule has 0 unspecified atom stereocenters. The van der Waals surface area contributed by atoms with E-state index in [-0.39, 0.29) is 11.5 Å². The Morgan fingerprint density at radius 3 is 2.33 bits per heavy atom. The summed E-state index contributed by atoms with van der Waals surface area (Å²) in [7, 11) is 0. The van der Waals surface area contributed by atoms with Crippen LogP contribution in [0.15, 0.2) is 48.5 Å². The highest BCUT2D eigenvalue weighted by atomic mass is 16.3. The fourth-order valence-corrected chi connectivity index (χ4v) is 1.95. The minimum Gasteiger partial charge on any atom is -0.508 e. The minimum atomic E-state index is -0.0214. The molecule has 0 radical (unpaired) electrons. The molecule has 0 aliphatic rings. The number of benzene rings is 2. The Labute approximate surface area is 107 Å². The summed E-state index contributed by atoms with van der Waals surface area (Å²) < 4.78 is 0. The summed E-state index contributed by atoms with van der Waals surface area (Å²) in [5.41, 5.74) is 2.81. The average molecular weight is 240 g/mol. The Morgan fingerprint density at radius 2 is 1.67 bits per heavy atom. The molecule has 0 aromatic heterocycles. The third-order valence-electron chi connectivity index (χ3n) is 2.93. The molecular weight excluding hydrogens is 224 g/mol. The quantitative estimate of drug-likeness (QED) is 0.832. The molecule has 0 spiro atoms. The first-order chi connectivity index (χ1) is 8.65. The van der Waals surface area contributed by atoms with E-state index in [0.717, 1.165) is 18.4 Å². The van der Waals surface area contributed by atoms with E-state index in [1.807, 2.05) is 24.3 Å². The first-order valence-electron chi connectivity index (χ1n) is 6.03. The van der Waals surface area contributed by atoms with Gasteiger partial charge in [0, 0.05) is 5.56 Å². The van der Waals surface area contributed by atoms with Crippen molar-refractivity contribution in [3.8, 4) is 5.75 Å². The first-order valence-corrected chi connectivity index (χ1v) is 6.03. The fraction of sp³-hybridized carbons (Fsp3) is 0.188. The number of phenolic OH excluding ortho intramolecular Hbond substituents is 1. The number of hydrogen-bond acceptors (Lipinski definition) is 2. The molecule has 2 aromatic carbocycles. The molecule has 2 heteroatoms. The number of carbonyl (C=O) groups excluding carboxylic acids is 1. The van der Waals surface area contributed by atoms with E-state index in [1.54, 1.807) is 6.07 Å². The summed E-state index contributed by atoms with van der Waals surface area (Å²) >= 11 is 0. The van der Waals surface area contributed by atoms with Crippen molar-refractivity contribution in [1.82, 2.24) is 0 Å². The number of aryl methyl sites for hydroxylation is 2. The van der Waals surface area contributed by atoms with E-state index in [2.05, 4.69) is 12.1 Å². The van der Waals surface area contributed by atoms with Gasteiger partial charge in [0.2, 0.25) is 0 Å². The van der Waals surface area contributed by atoms with E-state index in [9.17, 15) is 9.90 Å². The fourth-order valence-electron chi connectivity index (χ4n) is 1.95. The summed E-state index contributed by atoms with van der Waals surface area (Å²) in [6.45, 7) is 1.51. The van der Waals surface area contributed by atoms with Crippen LogP contribution in [0.3, 0.4) is 0 Å². The highest BCUT2D eigenvalue weighted by molar-refractivity contribution is 5.94. The van der Waals surface area contributed by atoms with E-state index in [0.29, 0.717) is 5.56 Å². The average Bonchev–Trinajstić information content (AvgIpc) is 2.37. The molecule has 2 aromatic rings. The third kappa shape index (κ3) is 3.20. The topological polar surface area (TPSA) is 37.3 Å². The van der Waals surface area contributed by atoms with Crippen LogP contribution >= 0.6 is 0 Å². The van der Waals surface area contributed by atoms with Gasteiger partial charge in [-0.2, -0.15) is 0 Å². The van der Waals surface area contributed by atoms with Gasteiger partial charge in [-0.25, -0.2) is 0 Å². The molecule has 0 aliphatic heterocycles. The smallest absolute Gasteiger partial charge is 0.159 e. The van der Waals surface area contributed by atoms with Crippen LogP contribution in [0.2, 0.25) is 0 Å². The molecular formula is C16H16O2. The highest BCUT2D eigenvalue weighted by Crippen LogP contribution is 2.18. The summed E-state index contributed by atoms with van der Waals surface area (Å²) in [4.78, 5) is 11.3. The Kier molecular flexibility index (Phi) is 3.78. The number of phenols is 1. The van der Waals surface area contributed by atoms with Crippen molar-refractivity contribution in [2.45, 2.75) is 19.8 Å². The van der Waals surface area contributed by atoms with Gasteiger partial charge in [0.25, 0.3) is 0 Å². The number of rotatable bonds is 4. The van der Waals surface area contributed by atoms with Crippen LogP contribution in [-0.4, -0.2) is 10.9 Å². The Morgan fingerprint density at radius 1 is 1.00 bits per heavy atom. The van der Waals surface area contributed by atoms with Crippen molar-refractivity contribution in [2.75, 3.05) is 0 Å². The molecule has 0 saturated carbocycles. The molecule has 0 atom stereocenters. The maximum Gasteiger partial charge on any atom is 0.159 e. The van der Waals surface area contributed by atoms with Crippen molar-refractivity contribution in [1.29, 1.82) is 0 Å². The van der Waals surface area contributed by atoms with E-state index in [1.165, 1.54) is 18.6 Å². The lowest BCUT2D eigenvalue weighted by atomic mass is 10.0. The molecule has 18 heavy (non-hydrogen) atoms. The molecule has 0 heterocycles. The van der Waals surface area contributed by atoms with E-state index < -0.39 is 0 Å². The van der Waals surface area contributed by atoms with Gasteiger partial charge in [-0.1, -0.05) is 30.3 Å². The summed E-state index contributed by atoms with van der Waals surface area (Å²) in [5, 5.41) is 9.59. The molecule has 1 N–H and O–H groups in total. The predicted molar refractivity (Wildman–Crippen MR) is 72.0 cm³/mol. The molecule has 0 bridgehead atoms. The van der Waals surface area contributed by atoms with Crippen LogP contribution in [0.1, 0.15) is 28.4 Å². The lowest BCUT2D eigenvalue weighted by Crippen LogP contribution is -1.96. The zero-order valence-corrected chi connectivity index (χ0v) is 10.4. The SMILES string of the molecule is CC(=O)c1cc(O)cc(CCc2ccccc2)c1. The number of aromatic hydroxyl groups is 1. The predicted octanol–water partition coefficient (Wildman–Crippen LogP) is 3.38. The number of carbonyl (C=O) groups is 1. The van der Waals surface area contributed by atoms with Gasteiger partial charge < -0.3 is 5.11 Å². The first kappa shape index (κ1) is 12.4. The zero-order chi connectivity index (χ0) is 13.0. The Balaban J connectivity index is 2.12. The van der Waals surface area contributed by atoms with Crippen LogP contribution in [0, 0.1) is 0 Å². The van der Waals surface area contributed by atoms with Crippen molar-refractivity contribution < 1.29 is 9.90 Å². The number of ketones is 1. The summed E-state index contributed by atoms with van der Waals surface area (Å²) in [6.07, 6.45) is 1.72. The second kappa shape index (κ2) is 5.50. The molecule has 2 nitrogen and oxygen atoms in total. The lowest BCUT2D eigenvalue weighted by Gasteiger charge is -2.05. The van der Waals surface area contributed by atoms with Crippen LogP contribution < -0.4 is 0 Å². The third-order valence-corrected chi connectivity index (χ3v) is 2.93. The normalized spacial score (nSPS) is 10.3. The summed E-state index contributed by atoms with van der Waals surface area (Å²) in [6, 6.07) is 15.3. The molecule has 2 rings (SSSR count). The van der Waals surface area contributed by atoms with Crippen molar-refractivity contribution in [2.24, 2.45) is 0 Å². The van der Waals surface area contributed by atoms with Gasteiger partial charge >= 0.3 is 0 Å². The molecule has 0 saturated heterocycles. The van der Waals surface area contributed by atoms with E-state index >= 15 is 0 Å². The highest BCUT2D eigenvalue weighted by Gasteiger charge is 2.04. The van der Waals surface area contributed by atoms with Crippen molar-refractivity contribution >= 4 is 5.78 Å². The molecule has 0 aliphatic carbocycles. The van der Waals surface area contributed by atoms with Crippen LogP contribution in [0.4, 0.5) is 0 Å². The maximum atomic E-state index is 11.3. The van der Waals surface area contributed by atoms with Gasteiger partial charge in [0.05, 0.1) is 0 Å². The Hall–Kier alpha value is -2.09. The van der Waals surface area contributed by atoms with Gasteiger partial charge in [-0.3, -0.25) is 4.79 Å². The van der Waals surface area contributed by atoms with Gasteiger partial charge in [0.1, 0.15) is 5.75 Å². The molecule has 0 fully saturated rings. The van der Waals surface area contributed by atoms with Crippen LogP contribution in [-0.2, 0) is 12.8 Å². The van der Waals surface area contributed by atoms with Crippen LogP contribution in [0.5, 0.6) is 5.75 Å². The van der Waals surface area contributed by atoms with Gasteiger partial charge in [-0.15, -0.1) is 0 Å². The summed E-state index contributed by atoms with van der Waals surface area (Å²) in [5.74, 6) is 0.137. The van der Waals surface area contributed by atoms with E-state index in [4.69, 9.17) is 0 Å². The second-order valence-electron chi connectivity index (χ2n) is 4.43. The molecule has 92 valence electrons. The lowest BCUT2D eigenvalue weighted by molar-refractivity contribution is 0.101. The van der Waals surface area contributed by atoms with Gasteiger partial charge in [-0.05, 0) is 49.1 Å². The zero-order valence-electron chi connectivity index (χ0n) is 10.4. The monoisotopic (exact) mass is 240 g/mol. The molecule has 0 amide bonds. The van der Waals surface area contributed by atoms with Crippen molar-refractivity contribution in [3.63, 3.8) is 0 Å². The second-order valence-corrected chi connectivity index (χ2v) is 4.43.